The van der Waals surface area contributed by atoms with Crippen molar-refractivity contribution < 1.29 is 0 Å². The van der Waals surface area contributed by atoms with Crippen LogP contribution in [0.15, 0.2) is 47.3 Å². The number of aromatic nitrogens is 2. The van der Waals surface area contributed by atoms with Crippen LogP contribution >= 0.6 is 11.6 Å². The number of benzene rings is 2. The van der Waals surface area contributed by atoms with Crippen molar-refractivity contribution in [3.63, 3.8) is 0 Å². The first-order valence-corrected chi connectivity index (χ1v) is 9.59. The smallest absolute Gasteiger partial charge is 0.258 e. The molecule has 1 aromatic heterocycles. The highest BCUT2D eigenvalue weighted by Gasteiger charge is 2.31. The van der Waals surface area contributed by atoms with E-state index in [0.717, 1.165) is 48.6 Å². The number of piperidine rings is 1. The molecule has 1 aliphatic rings. The Hall–Kier alpha value is -2.37. The predicted octanol–water partition coefficient (Wildman–Crippen LogP) is 3.43. The molecule has 140 valence electrons. The average Bonchev–Trinajstić information content (AvgIpc) is 2.63. The molecule has 4 rings (SSSR count). The monoisotopic (exact) mass is 382 g/mol. The van der Waals surface area contributed by atoms with Crippen molar-refractivity contribution in [3.8, 4) is 0 Å². The Morgan fingerprint density at radius 1 is 1.19 bits per heavy atom. The minimum atomic E-state index is -0.201. The molecule has 2 aromatic carbocycles. The van der Waals surface area contributed by atoms with Crippen LogP contribution in [0.5, 0.6) is 0 Å². The topological polar surface area (TPSA) is 75.0 Å². The van der Waals surface area contributed by atoms with Crippen LogP contribution in [-0.4, -0.2) is 28.6 Å². The number of halogens is 1. The van der Waals surface area contributed by atoms with Crippen LogP contribution in [0.25, 0.3) is 10.9 Å². The molecule has 3 N–H and O–H groups in total. The van der Waals surface area contributed by atoms with Crippen molar-refractivity contribution in [1.82, 2.24) is 9.97 Å². The molecule has 6 heteroatoms. The normalized spacial score (nSPS) is 16.6. The van der Waals surface area contributed by atoms with Gasteiger partial charge in [0.25, 0.3) is 5.56 Å². The standard InChI is InChI=1S/C21H23ClN4O/c1-14-24-19-12-17(6-7-18(19)20(27)25-14)26-10-8-21(23,9-11-26)13-15-2-4-16(22)5-3-15/h2-7,12H,8-11,13,23H2,1H3,(H,24,25,27). The number of rotatable bonds is 3. The third-order valence-corrected chi connectivity index (χ3v) is 5.65. The molecule has 0 saturated carbocycles. The molecule has 0 unspecified atom stereocenters. The van der Waals surface area contributed by atoms with Gasteiger partial charge in [-0.05, 0) is 62.1 Å². The van der Waals surface area contributed by atoms with Gasteiger partial charge in [-0.25, -0.2) is 4.98 Å². The van der Waals surface area contributed by atoms with Crippen molar-refractivity contribution >= 4 is 28.2 Å². The first-order chi connectivity index (χ1) is 12.9. The van der Waals surface area contributed by atoms with Crippen LogP contribution in [-0.2, 0) is 6.42 Å². The van der Waals surface area contributed by atoms with Crippen LogP contribution in [0.1, 0.15) is 24.2 Å². The molecule has 1 aliphatic heterocycles. The summed E-state index contributed by atoms with van der Waals surface area (Å²) in [6.45, 7) is 3.57. The molecule has 1 saturated heterocycles. The number of hydrogen-bond donors (Lipinski definition) is 2. The summed E-state index contributed by atoms with van der Waals surface area (Å²) in [6.07, 6.45) is 2.68. The van der Waals surface area contributed by atoms with Crippen molar-refractivity contribution in [2.24, 2.45) is 5.73 Å². The summed E-state index contributed by atoms with van der Waals surface area (Å²) in [5.41, 5.74) is 9.44. The summed E-state index contributed by atoms with van der Waals surface area (Å²) in [7, 11) is 0. The lowest BCUT2D eigenvalue weighted by molar-refractivity contribution is 0.331. The van der Waals surface area contributed by atoms with E-state index in [1.807, 2.05) is 30.3 Å². The van der Waals surface area contributed by atoms with Crippen molar-refractivity contribution in [3.05, 3.63) is 69.2 Å². The van der Waals surface area contributed by atoms with Gasteiger partial charge < -0.3 is 15.6 Å². The molecular formula is C21H23ClN4O. The van der Waals surface area contributed by atoms with Gasteiger partial charge in [-0.1, -0.05) is 23.7 Å². The number of nitrogens with one attached hydrogen (secondary N) is 1. The van der Waals surface area contributed by atoms with Crippen molar-refractivity contribution in [1.29, 1.82) is 0 Å². The zero-order valence-electron chi connectivity index (χ0n) is 15.3. The summed E-state index contributed by atoms with van der Waals surface area (Å²) in [6, 6.07) is 13.8. The lowest BCUT2D eigenvalue weighted by Gasteiger charge is -2.40. The number of hydrogen-bond acceptors (Lipinski definition) is 4. The molecule has 0 spiro atoms. The van der Waals surface area contributed by atoms with Crippen LogP contribution in [0.3, 0.4) is 0 Å². The average molecular weight is 383 g/mol. The Morgan fingerprint density at radius 2 is 1.89 bits per heavy atom. The van der Waals surface area contributed by atoms with E-state index < -0.39 is 0 Å². The number of nitrogens with two attached hydrogens (primary N) is 1. The maximum Gasteiger partial charge on any atom is 0.258 e. The predicted molar refractivity (Wildman–Crippen MR) is 111 cm³/mol. The van der Waals surface area contributed by atoms with Gasteiger partial charge in [0, 0.05) is 29.3 Å². The van der Waals surface area contributed by atoms with Crippen LogP contribution in [0.4, 0.5) is 5.69 Å². The largest absolute Gasteiger partial charge is 0.371 e. The first kappa shape index (κ1) is 18.0. The second-order valence-electron chi connectivity index (χ2n) is 7.51. The molecule has 0 amide bonds. The molecule has 27 heavy (non-hydrogen) atoms. The summed E-state index contributed by atoms with van der Waals surface area (Å²) < 4.78 is 0. The highest BCUT2D eigenvalue weighted by Crippen LogP contribution is 2.29. The zero-order chi connectivity index (χ0) is 19.0. The van der Waals surface area contributed by atoms with Gasteiger partial charge in [-0.3, -0.25) is 4.79 Å². The summed E-state index contributed by atoms with van der Waals surface area (Å²) >= 11 is 5.97. The Morgan fingerprint density at radius 3 is 2.59 bits per heavy atom. The summed E-state index contributed by atoms with van der Waals surface area (Å²) in [5, 5.41) is 1.37. The number of aromatic amines is 1. The van der Waals surface area contributed by atoms with Crippen LogP contribution < -0.4 is 16.2 Å². The fourth-order valence-electron chi connectivity index (χ4n) is 3.84. The van der Waals surface area contributed by atoms with E-state index in [4.69, 9.17) is 17.3 Å². The Bertz CT molecular complexity index is 1020. The fourth-order valence-corrected chi connectivity index (χ4v) is 3.96. The number of fused-ring (bicyclic) bond motifs is 1. The number of nitrogens with zero attached hydrogens (tertiary/aromatic N) is 2. The van der Waals surface area contributed by atoms with Gasteiger partial charge in [-0.2, -0.15) is 0 Å². The van der Waals surface area contributed by atoms with Gasteiger partial charge in [0.2, 0.25) is 0 Å². The van der Waals surface area contributed by atoms with Gasteiger partial charge in [0.15, 0.2) is 0 Å². The molecule has 2 heterocycles. The highest BCUT2D eigenvalue weighted by atomic mass is 35.5. The van der Waals surface area contributed by atoms with Gasteiger partial charge >= 0.3 is 0 Å². The van der Waals surface area contributed by atoms with Crippen LogP contribution in [0, 0.1) is 6.92 Å². The Kier molecular flexibility index (Phi) is 4.66. The van der Waals surface area contributed by atoms with Crippen LogP contribution in [0.2, 0.25) is 5.02 Å². The van der Waals surface area contributed by atoms with E-state index in [2.05, 4.69) is 27.0 Å². The van der Waals surface area contributed by atoms with E-state index in [1.54, 1.807) is 6.92 Å². The lowest BCUT2D eigenvalue weighted by atomic mass is 9.82. The Labute approximate surface area is 163 Å². The Balaban J connectivity index is 1.49. The van der Waals surface area contributed by atoms with E-state index in [0.29, 0.717) is 11.2 Å². The molecule has 5 nitrogen and oxygen atoms in total. The number of aryl methyl sites for hydroxylation is 1. The van der Waals surface area contributed by atoms with E-state index in [1.165, 1.54) is 5.56 Å². The van der Waals surface area contributed by atoms with Crippen molar-refractivity contribution in [2.75, 3.05) is 18.0 Å². The molecule has 3 aromatic rings. The maximum atomic E-state index is 12.0. The zero-order valence-corrected chi connectivity index (χ0v) is 16.1. The number of anilines is 1. The van der Waals surface area contributed by atoms with Gasteiger partial charge in [0.1, 0.15) is 5.82 Å². The van der Waals surface area contributed by atoms with Crippen molar-refractivity contribution in [2.45, 2.75) is 31.7 Å². The lowest BCUT2D eigenvalue weighted by Crippen LogP contribution is -2.51. The molecule has 0 atom stereocenters. The van der Waals surface area contributed by atoms with Gasteiger partial charge in [-0.15, -0.1) is 0 Å². The fraction of sp³-hybridized carbons (Fsp3) is 0.333. The third kappa shape index (κ3) is 3.84. The molecule has 0 radical (unpaired) electrons. The second-order valence-corrected chi connectivity index (χ2v) is 7.94. The minimum Gasteiger partial charge on any atom is -0.371 e. The number of H-pyrrole nitrogens is 1. The molecular weight excluding hydrogens is 360 g/mol. The molecule has 1 fully saturated rings. The third-order valence-electron chi connectivity index (χ3n) is 5.40. The summed E-state index contributed by atoms with van der Waals surface area (Å²) in [5.74, 6) is 0.632. The van der Waals surface area contributed by atoms with E-state index in [9.17, 15) is 4.79 Å². The molecule has 0 bridgehead atoms. The summed E-state index contributed by atoms with van der Waals surface area (Å²) in [4.78, 5) is 21.6. The molecule has 0 aliphatic carbocycles. The van der Waals surface area contributed by atoms with E-state index >= 15 is 0 Å². The van der Waals surface area contributed by atoms with Gasteiger partial charge in [0.05, 0.1) is 10.9 Å². The first-order valence-electron chi connectivity index (χ1n) is 9.21. The van der Waals surface area contributed by atoms with E-state index in [-0.39, 0.29) is 11.1 Å². The quantitative estimate of drug-likeness (QED) is 0.727. The highest BCUT2D eigenvalue weighted by molar-refractivity contribution is 6.30. The SMILES string of the molecule is Cc1nc2cc(N3CCC(N)(Cc4ccc(Cl)cc4)CC3)ccc2c(=O)[nH]1. The maximum absolute atomic E-state index is 12.0. The second kappa shape index (κ2) is 6.98. The minimum absolute atomic E-state index is 0.0911.